The van der Waals surface area contributed by atoms with E-state index < -0.39 is 0 Å². The molecule has 0 bridgehead atoms. The van der Waals surface area contributed by atoms with Crippen LogP contribution < -0.4 is 0 Å². The summed E-state index contributed by atoms with van der Waals surface area (Å²) in [4.78, 5) is 0. The molecule has 0 aliphatic rings. The third kappa shape index (κ3) is 297. The molecule has 7 heavy (non-hydrogen) atoms. The van der Waals surface area contributed by atoms with E-state index in [1.54, 1.807) is 0 Å². The minimum atomic E-state index is 0. The highest BCUT2D eigenvalue weighted by molar-refractivity contribution is 4.51. The first-order valence-electron chi connectivity index (χ1n) is 2.12. The molecule has 0 unspecified atom stereocenters. The van der Waals surface area contributed by atoms with Crippen molar-refractivity contribution in [1.29, 1.82) is 0 Å². The fourth-order valence-electron chi connectivity index (χ4n) is 0. The first kappa shape index (κ1) is 16.0. The van der Waals surface area contributed by atoms with E-state index in [4.69, 9.17) is 0 Å². The van der Waals surface area contributed by atoms with Crippen molar-refractivity contribution in [2.45, 2.75) is 27.7 Å². The molecule has 0 aromatic carbocycles. The summed E-state index contributed by atoms with van der Waals surface area (Å²) in [6, 6.07) is 0. The normalized spacial score (nSPS) is 3.71. The van der Waals surface area contributed by atoms with Crippen LogP contribution in [0.1, 0.15) is 27.7 Å². The molecule has 0 heterocycles. The Morgan fingerprint density at radius 1 is 1.29 bits per heavy atom. The van der Waals surface area contributed by atoms with Gasteiger partial charge in [0.25, 0.3) is 0 Å². The average Bonchev–Trinajstić information content (AvgIpc) is 1.39. The highest BCUT2D eigenvalue weighted by Crippen LogP contribution is 1.56. The van der Waals surface area contributed by atoms with Gasteiger partial charge in [-0.1, -0.05) is 40.9 Å². The molecule has 0 aliphatic heterocycles. The number of hydrogen-bond donors (Lipinski definition) is 0. The highest BCUT2D eigenvalue weighted by atomic mass is 13.4. The average molecular weight is 100 g/mol. The molecule has 0 N–H and O–H groups in total. The smallest absolute Gasteiger partial charge is 0.0572 e. The summed E-state index contributed by atoms with van der Waals surface area (Å²) in [5, 5.41) is 0. The van der Waals surface area contributed by atoms with E-state index in [9.17, 15) is 0 Å². The first-order valence-corrected chi connectivity index (χ1v) is 2.12. The zero-order chi connectivity index (χ0) is 5.41. The Morgan fingerprint density at radius 2 is 1.29 bits per heavy atom. The maximum absolute atomic E-state index is 3.12. The van der Waals surface area contributed by atoms with Crippen LogP contribution in [-0.2, 0) is 0 Å². The fraction of sp³-hybridized carbons (Fsp3) is 0.571. The lowest BCUT2D eigenvalue weighted by Crippen LogP contribution is -1.27. The number of rotatable bonds is 0. The van der Waals surface area contributed by atoms with Crippen molar-refractivity contribution in [2.75, 3.05) is 0 Å². The SMILES string of the molecule is C.C=C=C.CCC. The van der Waals surface area contributed by atoms with Gasteiger partial charge in [0.2, 0.25) is 0 Å². The summed E-state index contributed by atoms with van der Waals surface area (Å²) >= 11 is 0. The zero-order valence-electron chi connectivity index (χ0n) is 4.62. The van der Waals surface area contributed by atoms with Crippen LogP contribution in [0.4, 0.5) is 0 Å². The van der Waals surface area contributed by atoms with E-state index in [1.807, 2.05) is 0 Å². The summed E-state index contributed by atoms with van der Waals surface area (Å²) in [5.41, 5.74) is 2.25. The Balaban J connectivity index is -0.0000000400. The third-order valence-electron chi connectivity index (χ3n) is 0. The van der Waals surface area contributed by atoms with Gasteiger partial charge in [-0.25, -0.2) is 0 Å². The van der Waals surface area contributed by atoms with Crippen molar-refractivity contribution in [3.8, 4) is 0 Å². The van der Waals surface area contributed by atoms with Gasteiger partial charge >= 0.3 is 0 Å². The Hall–Kier alpha value is -0.480. The van der Waals surface area contributed by atoms with Gasteiger partial charge in [-0.15, -0.1) is 5.73 Å². The lowest BCUT2D eigenvalue weighted by Gasteiger charge is -1.48. The molecule has 0 amide bonds. The van der Waals surface area contributed by atoms with E-state index in [2.05, 4.69) is 32.7 Å². The summed E-state index contributed by atoms with van der Waals surface area (Å²) in [7, 11) is 0. The van der Waals surface area contributed by atoms with Gasteiger partial charge in [0.15, 0.2) is 0 Å². The number of hydrogen-bond acceptors (Lipinski definition) is 0. The Morgan fingerprint density at radius 3 is 1.29 bits per heavy atom. The summed E-state index contributed by atoms with van der Waals surface area (Å²) in [6.45, 7) is 10.5. The van der Waals surface area contributed by atoms with Crippen molar-refractivity contribution >= 4 is 0 Å². The zero-order valence-corrected chi connectivity index (χ0v) is 4.62. The predicted molar refractivity (Wildman–Crippen MR) is 37.5 cm³/mol. The molecule has 44 valence electrons. The molecule has 0 aromatic heterocycles. The molecule has 0 fully saturated rings. The molecule has 0 spiro atoms. The van der Waals surface area contributed by atoms with Crippen LogP contribution >= 0.6 is 0 Å². The summed E-state index contributed by atoms with van der Waals surface area (Å²) in [6.07, 6.45) is 1.25. The second-order valence-corrected chi connectivity index (χ2v) is 0.957. The second-order valence-electron chi connectivity index (χ2n) is 0.957. The molecule has 0 atom stereocenters. The highest BCUT2D eigenvalue weighted by Gasteiger charge is 1.35. The van der Waals surface area contributed by atoms with Crippen LogP contribution in [0.25, 0.3) is 0 Å². The lowest BCUT2D eigenvalue weighted by atomic mass is 10.6. The van der Waals surface area contributed by atoms with Crippen molar-refractivity contribution < 1.29 is 0 Å². The van der Waals surface area contributed by atoms with E-state index in [0.717, 1.165) is 0 Å². The molecule has 0 rings (SSSR count). The summed E-state index contributed by atoms with van der Waals surface area (Å²) in [5.74, 6) is 0. The molecule has 0 nitrogen and oxygen atoms in total. The lowest BCUT2D eigenvalue weighted by molar-refractivity contribution is 1.09. The van der Waals surface area contributed by atoms with Gasteiger partial charge in [-0.05, 0) is 0 Å². The maximum Gasteiger partial charge on any atom is -0.0572 e. The predicted octanol–water partition coefficient (Wildman–Crippen LogP) is 3.01. The van der Waals surface area contributed by atoms with Crippen molar-refractivity contribution in [2.24, 2.45) is 0 Å². The molecule has 0 heteroatoms. The minimum absolute atomic E-state index is 0. The van der Waals surface area contributed by atoms with Crippen molar-refractivity contribution in [3.63, 3.8) is 0 Å². The molecule has 0 aliphatic carbocycles. The van der Waals surface area contributed by atoms with Crippen LogP contribution in [-0.4, -0.2) is 0 Å². The van der Waals surface area contributed by atoms with Crippen LogP contribution in [0.2, 0.25) is 0 Å². The van der Waals surface area contributed by atoms with Crippen molar-refractivity contribution in [1.82, 2.24) is 0 Å². The third-order valence-corrected chi connectivity index (χ3v) is 0. The monoisotopic (exact) mass is 100 g/mol. The van der Waals surface area contributed by atoms with E-state index in [-0.39, 0.29) is 7.43 Å². The van der Waals surface area contributed by atoms with Crippen LogP contribution in [0.15, 0.2) is 18.9 Å². The second kappa shape index (κ2) is 48.8. The fourth-order valence-corrected chi connectivity index (χ4v) is 0. The van der Waals surface area contributed by atoms with Gasteiger partial charge in [0, 0.05) is 0 Å². The first-order chi connectivity index (χ1) is 2.83. The maximum atomic E-state index is 3.12. The van der Waals surface area contributed by atoms with Gasteiger partial charge in [0.05, 0.1) is 0 Å². The van der Waals surface area contributed by atoms with Crippen LogP contribution in [0.3, 0.4) is 0 Å². The quantitative estimate of drug-likeness (QED) is 0.410. The van der Waals surface area contributed by atoms with Crippen LogP contribution in [0.5, 0.6) is 0 Å². The van der Waals surface area contributed by atoms with Crippen LogP contribution in [0, 0.1) is 0 Å². The van der Waals surface area contributed by atoms with Gasteiger partial charge in [-0.3, -0.25) is 0 Å². The van der Waals surface area contributed by atoms with Crippen molar-refractivity contribution in [3.05, 3.63) is 18.9 Å². The Labute approximate surface area is 47.6 Å². The molecule has 0 saturated carbocycles. The van der Waals surface area contributed by atoms with E-state index in [0.29, 0.717) is 0 Å². The Bertz CT molecular complexity index is 29.3. The Kier molecular flexibility index (Phi) is 112. The molecule has 0 saturated heterocycles. The summed E-state index contributed by atoms with van der Waals surface area (Å²) < 4.78 is 0. The molecular formula is C7H16. The standard InChI is InChI=1S/C3H8.C3H4.CH4/c2*1-3-2;/h3H2,1-2H3;1-2H2;1H4. The molecule has 0 radical (unpaired) electrons. The minimum Gasteiger partial charge on any atom is -0.137 e. The van der Waals surface area contributed by atoms with E-state index in [1.165, 1.54) is 6.42 Å². The van der Waals surface area contributed by atoms with Gasteiger partial charge in [-0.2, -0.15) is 0 Å². The van der Waals surface area contributed by atoms with Gasteiger partial charge < -0.3 is 0 Å². The largest absolute Gasteiger partial charge is 0.137 e. The topological polar surface area (TPSA) is 0 Å². The molecule has 0 aromatic rings. The van der Waals surface area contributed by atoms with E-state index >= 15 is 0 Å². The van der Waals surface area contributed by atoms with Gasteiger partial charge in [0.1, 0.15) is 0 Å². The molecular weight excluding hydrogens is 84.1 g/mol.